The summed E-state index contributed by atoms with van der Waals surface area (Å²) in [5.74, 6) is 0. The SMILES string of the molecule is CCN(CC)S(=O)(=O)N(CCO)Cc1ccccc1. The number of nitrogens with zero attached hydrogens (tertiary/aromatic N) is 2. The van der Waals surface area contributed by atoms with Gasteiger partial charge in [0.15, 0.2) is 0 Å². The van der Waals surface area contributed by atoms with Gasteiger partial charge in [0.2, 0.25) is 0 Å². The van der Waals surface area contributed by atoms with Crippen molar-refractivity contribution in [1.29, 1.82) is 0 Å². The standard InChI is InChI=1S/C13H22N2O3S/c1-3-14(4-2)19(17,18)15(10-11-16)12-13-8-6-5-7-9-13/h5-9,16H,3-4,10-12H2,1-2H3. The summed E-state index contributed by atoms with van der Waals surface area (Å²) in [6.45, 7) is 4.66. The van der Waals surface area contributed by atoms with Crippen molar-refractivity contribution < 1.29 is 13.5 Å². The Morgan fingerprint density at radius 3 is 2.11 bits per heavy atom. The second-order valence-electron chi connectivity index (χ2n) is 4.13. The molecule has 1 N–H and O–H groups in total. The molecule has 0 bridgehead atoms. The van der Waals surface area contributed by atoms with Crippen LogP contribution in [0.2, 0.25) is 0 Å². The molecular formula is C13H22N2O3S. The smallest absolute Gasteiger partial charge is 0.282 e. The van der Waals surface area contributed by atoms with Crippen molar-refractivity contribution in [2.24, 2.45) is 0 Å². The van der Waals surface area contributed by atoms with E-state index in [1.165, 1.54) is 8.61 Å². The Morgan fingerprint density at radius 1 is 1.05 bits per heavy atom. The van der Waals surface area contributed by atoms with Crippen molar-refractivity contribution in [2.75, 3.05) is 26.2 Å². The van der Waals surface area contributed by atoms with Crippen LogP contribution in [-0.4, -0.2) is 48.4 Å². The van der Waals surface area contributed by atoms with Gasteiger partial charge in [-0.2, -0.15) is 17.0 Å². The zero-order valence-corrected chi connectivity index (χ0v) is 12.3. The molecule has 6 heteroatoms. The Balaban J connectivity index is 2.94. The first kappa shape index (κ1) is 16.1. The van der Waals surface area contributed by atoms with E-state index in [0.717, 1.165) is 5.56 Å². The zero-order chi connectivity index (χ0) is 14.3. The maximum atomic E-state index is 12.4. The summed E-state index contributed by atoms with van der Waals surface area (Å²) in [4.78, 5) is 0. The molecule has 0 unspecified atom stereocenters. The van der Waals surface area contributed by atoms with E-state index in [4.69, 9.17) is 5.11 Å². The van der Waals surface area contributed by atoms with E-state index in [1.54, 1.807) is 13.8 Å². The van der Waals surface area contributed by atoms with E-state index in [0.29, 0.717) is 13.1 Å². The fourth-order valence-corrected chi connectivity index (χ4v) is 3.49. The molecule has 0 saturated carbocycles. The molecule has 0 amide bonds. The molecule has 1 rings (SSSR count). The quantitative estimate of drug-likeness (QED) is 0.777. The van der Waals surface area contributed by atoms with E-state index in [2.05, 4.69) is 0 Å². The minimum atomic E-state index is -3.52. The molecule has 0 atom stereocenters. The second-order valence-corrected chi connectivity index (χ2v) is 6.06. The molecule has 0 aliphatic heterocycles. The molecule has 0 fully saturated rings. The fourth-order valence-electron chi connectivity index (χ4n) is 1.89. The lowest BCUT2D eigenvalue weighted by Crippen LogP contribution is -2.44. The van der Waals surface area contributed by atoms with E-state index >= 15 is 0 Å². The molecule has 0 aliphatic carbocycles. The first-order valence-corrected chi connectivity index (χ1v) is 7.86. The average Bonchev–Trinajstić information content (AvgIpc) is 2.40. The predicted octanol–water partition coefficient (Wildman–Crippen LogP) is 1.07. The molecule has 1 aromatic rings. The highest BCUT2D eigenvalue weighted by molar-refractivity contribution is 7.86. The first-order valence-electron chi connectivity index (χ1n) is 6.46. The number of aliphatic hydroxyl groups is 1. The highest BCUT2D eigenvalue weighted by Gasteiger charge is 2.27. The van der Waals surface area contributed by atoms with Gasteiger partial charge in [-0.15, -0.1) is 0 Å². The summed E-state index contributed by atoms with van der Waals surface area (Å²) in [7, 11) is -3.52. The summed E-state index contributed by atoms with van der Waals surface area (Å²) in [6, 6.07) is 9.38. The summed E-state index contributed by atoms with van der Waals surface area (Å²) in [5, 5.41) is 9.08. The minimum Gasteiger partial charge on any atom is -0.395 e. The van der Waals surface area contributed by atoms with Crippen molar-refractivity contribution in [3.05, 3.63) is 35.9 Å². The third kappa shape index (κ3) is 4.28. The first-order chi connectivity index (χ1) is 9.06. The van der Waals surface area contributed by atoms with Crippen LogP contribution in [0, 0.1) is 0 Å². The van der Waals surface area contributed by atoms with Crippen LogP contribution < -0.4 is 0 Å². The molecular weight excluding hydrogens is 264 g/mol. The molecule has 5 nitrogen and oxygen atoms in total. The number of hydrogen-bond donors (Lipinski definition) is 1. The molecule has 0 spiro atoms. The van der Waals surface area contributed by atoms with Gasteiger partial charge in [-0.1, -0.05) is 44.2 Å². The van der Waals surface area contributed by atoms with Crippen LogP contribution in [0.4, 0.5) is 0 Å². The highest BCUT2D eigenvalue weighted by Crippen LogP contribution is 2.12. The average molecular weight is 286 g/mol. The van der Waals surface area contributed by atoms with Gasteiger partial charge in [0.1, 0.15) is 0 Å². The second kappa shape index (κ2) is 7.59. The molecule has 0 saturated heterocycles. The topological polar surface area (TPSA) is 60.9 Å². The molecule has 0 aliphatic rings. The summed E-state index contributed by atoms with van der Waals surface area (Å²) in [6.07, 6.45) is 0. The lowest BCUT2D eigenvalue weighted by Gasteiger charge is -2.28. The van der Waals surface area contributed by atoms with Crippen molar-refractivity contribution in [1.82, 2.24) is 8.61 Å². The largest absolute Gasteiger partial charge is 0.395 e. The monoisotopic (exact) mass is 286 g/mol. The van der Waals surface area contributed by atoms with E-state index in [-0.39, 0.29) is 19.7 Å². The molecule has 108 valence electrons. The van der Waals surface area contributed by atoms with Crippen molar-refractivity contribution in [3.8, 4) is 0 Å². The molecule has 0 heterocycles. The maximum absolute atomic E-state index is 12.4. The number of rotatable bonds is 8. The Morgan fingerprint density at radius 2 is 1.63 bits per heavy atom. The molecule has 0 radical (unpaired) electrons. The Kier molecular flexibility index (Phi) is 6.44. The summed E-state index contributed by atoms with van der Waals surface area (Å²) < 4.78 is 27.6. The lowest BCUT2D eigenvalue weighted by atomic mass is 10.2. The van der Waals surface area contributed by atoms with Crippen LogP contribution in [-0.2, 0) is 16.8 Å². The summed E-state index contributed by atoms with van der Waals surface area (Å²) >= 11 is 0. The van der Waals surface area contributed by atoms with Gasteiger partial charge in [0.25, 0.3) is 10.2 Å². The zero-order valence-electron chi connectivity index (χ0n) is 11.5. The Bertz CT molecular complexity index is 458. The van der Waals surface area contributed by atoms with Gasteiger partial charge in [0, 0.05) is 26.2 Å². The van der Waals surface area contributed by atoms with E-state index in [9.17, 15) is 8.42 Å². The van der Waals surface area contributed by atoms with Crippen molar-refractivity contribution >= 4 is 10.2 Å². The Hall–Kier alpha value is -0.950. The third-order valence-electron chi connectivity index (χ3n) is 2.91. The van der Waals surface area contributed by atoms with Crippen LogP contribution in [0.3, 0.4) is 0 Å². The van der Waals surface area contributed by atoms with Crippen LogP contribution >= 0.6 is 0 Å². The van der Waals surface area contributed by atoms with Gasteiger partial charge < -0.3 is 5.11 Å². The highest BCUT2D eigenvalue weighted by atomic mass is 32.2. The van der Waals surface area contributed by atoms with Gasteiger partial charge in [-0.05, 0) is 5.56 Å². The van der Waals surface area contributed by atoms with Crippen LogP contribution in [0.1, 0.15) is 19.4 Å². The number of hydrogen-bond acceptors (Lipinski definition) is 3. The van der Waals surface area contributed by atoms with Crippen LogP contribution in [0.25, 0.3) is 0 Å². The molecule has 1 aromatic carbocycles. The normalized spacial score (nSPS) is 12.3. The number of benzene rings is 1. The van der Waals surface area contributed by atoms with E-state index in [1.807, 2.05) is 30.3 Å². The third-order valence-corrected chi connectivity index (χ3v) is 5.04. The van der Waals surface area contributed by atoms with Crippen molar-refractivity contribution in [2.45, 2.75) is 20.4 Å². The summed E-state index contributed by atoms with van der Waals surface area (Å²) in [5.41, 5.74) is 0.909. The van der Waals surface area contributed by atoms with Gasteiger partial charge in [-0.25, -0.2) is 0 Å². The van der Waals surface area contributed by atoms with Crippen LogP contribution in [0.15, 0.2) is 30.3 Å². The van der Waals surface area contributed by atoms with Crippen LogP contribution in [0.5, 0.6) is 0 Å². The van der Waals surface area contributed by atoms with Gasteiger partial charge in [-0.3, -0.25) is 0 Å². The maximum Gasteiger partial charge on any atom is 0.282 e. The fraction of sp³-hybridized carbons (Fsp3) is 0.538. The minimum absolute atomic E-state index is 0.105. The van der Waals surface area contributed by atoms with Crippen molar-refractivity contribution in [3.63, 3.8) is 0 Å². The predicted molar refractivity (Wildman–Crippen MR) is 75.8 cm³/mol. The Labute approximate surface area is 115 Å². The lowest BCUT2D eigenvalue weighted by molar-refractivity contribution is 0.242. The molecule has 19 heavy (non-hydrogen) atoms. The number of aliphatic hydroxyl groups excluding tert-OH is 1. The molecule has 0 aromatic heterocycles. The van der Waals surface area contributed by atoms with E-state index < -0.39 is 10.2 Å². The van der Waals surface area contributed by atoms with Gasteiger partial charge in [0.05, 0.1) is 6.61 Å². The van der Waals surface area contributed by atoms with Gasteiger partial charge >= 0.3 is 0 Å².